The van der Waals surface area contributed by atoms with Gasteiger partial charge in [0, 0.05) is 14.9 Å². The molecule has 0 bridgehead atoms. The van der Waals surface area contributed by atoms with Gasteiger partial charge >= 0.3 is 0 Å². The second-order valence-electron chi connectivity index (χ2n) is 5.62. The van der Waals surface area contributed by atoms with Gasteiger partial charge in [0.1, 0.15) is 0 Å². The SMILES string of the molecule is CC(C)(C)n1c(-c2cc3sccc3s2)nnc1S(N)(=O)=O. The van der Waals surface area contributed by atoms with E-state index in [1.165, 1.54) is 0 Å². The quantitative estimate of drug-likeness (QED) is 0.775. The first kappa shape index (κ1) is 14.6. The molecule has 6 nitrogen and oxygen atoms in total. The van der Waals surface area contributed by atoms with Gasteiger partial charge in [-0.3, -0.25) is 4.57 Å². The number of rotatable bonds is 2. The minimum atomic E-state index is -3.92. The number of hydrogen-bond donors (Lipinski definition) is 1. The summed E-state index contributed by atoms with van der Waals surface area (Å²) < 4.78 is 27.3. The molecular weight excluding hydrogens is 328 g/mol. The van der Waals surface area contributed by atoms with Crippen LogP contribution in [-0.2, 0) is 15.6 Å². The smallest absolute Gasteiger partial charge is 0.273 e. The van der Waals surface area contributed by atoms with Crippen molar-refractivity contribution in [1.82, 2.24) is 14.8 Å². The Morgan fingerprint density at radius 3 is 2.52 bits per heavy atom. The molecule has 0 spiro atoms. The molecule has 0 unspecified atom stereocenters. The van der Waals surface area contributed by atoms with E-state index in [1.54, 1.807) is 27.2 Å². The van der Waals surface area contributed by atoms with E-state index in [-0.39, 0.29) is 5.16 Å². The topological polar surface area (TPSA) is 90.9 Å². The van der Waals surface area contributed by atoms with Crippen LogP contribution in [0.4, 0.5) is 0 Å². The number of thiophene rings is 2. The minimum absolute atomic E-state index is 0.207. The van der Waals surface area contributed by atoms with Crippen molar-refractivity contribution in [1.29, 1.82) is 0 Å². The molecule has 3 heterocycles. The molecule has 0 amide bonds. The minimum Gasteiger partial charge on any atom is -0.291 e. The summed E-state index contributed by atoms with van der Waals surface area (Å²) in [6.45, 7) is 5.68. The van der Waals surface area contributed by atoms with Gasteiger partial charge in [0.05, 0.1) is 4.88 Å². The van der Waals surface area contributed by atoms with Crippen LogP contribution >= 0.6 is 22.7 Å². The Labute approximate surface area is 130 Å². The molecule has 3 rings (SSSR count). The number of aromatic nitrogens is 3. The first-order chi connectivity index (χ1) is 9.68. The third-order valence-corrected chi connectivity index (χ3v) is 5.78. The lowest BCUT2D eigenvalue weighted by Crippen LogP contribution is -2.29. The predicted molar refractivity (Wildman–Crippen MR) is 85.1 cm³/mol. The second-order valence-corrected chi connectivity index (χ2v) is 9.10. The zero-order valence-corrected chi connectivity index (χ0v) is 14.1. The molecule has 2 N–H and O–H groups in total. The van der Waals surface area contributed by atoms with Crippen molar-refractivity contribution in [2.75, 3.05) is 0 Å². The van der Waals surface area contributed by atoms with Gasteiger partial charge in [0.25, 0.3) is 15.2 Å². The van der Waals surface area contributed by atoms with E-state index in [1.807, 2.05) is 38.3 Å². The summed E-state index contributed by atoms with van der Waals surface area (Å²) in [7, 11) is -3.92. The first-order valence-corrected chi connectivity index (χ1v) is 9.38. The zero-order chi connectivity index (χ0) is 15.4. The van der Waals surface area contributed by atoms with Crippen LogP contribution in [0.2, 0.25) is 0 Å². The summed E-state index contributed by atoms with van der Waals surface area (Å²) in [5, 5.41) is 14.9. The van der Waals surface area contributed by atoms with Crippen molar-refractivity contribution >= 4 is 42.1 Å². The van der Waals surface area contributed by atoms with Gasteiger partial charge in [-0.2, -0.15) is 0 Å². The lowest BCUT2D eigenvalue weighted by Gasteiger charge is -2.23. The highest BCUT2D eigenvalue weighted by Gasteiger charge is 2.30. The van der Waals surface area contributed by atoms with Crippen molar-refractivity contribution in [3.63, 3.8) is 0 Å². The lowest BCUT2D eigenvalue weighted by atomic mass is 10.1. The van der Waals surface area contributed by atoms with Crippen molar-refractivity contribution in [2.45, 2.75) is 31.5 Å². The van der Waals surface area contributed by atoms with Crippen LogP contribution in [0.1, 0.15) is 20.8 Å². The summed E-state index contributed by atoms with van der Waals surface area (Å²) in [4.78, 5) is 0.883. The van der Waals surface area contributed by atoms with Gasteiger partial charge in [-0.1, -0.05) is 0 Å². The number of sulfonamides is 1. The molecule has 21 heavy (non-hydrogen) atoms. The van der Waals surface area contributed by atoms with E-state index in [4.69, 9.17) is 5.14 Å². The molecule has 112 valence electrons. The Morgan fingerprint density at radius 2 is 1.95 bits per heavy atom. The fraction of sp³-hybridized carbons (Fsp3) is 0.333. The Bertz CT molecular complexity index is 883. The largest absolute Gasteiger partial charge is 0.291 e. The third-order valence-electron chi connectivity index (χ3n) is 2.92. The van der Waals surface area contributed by atoms with Gasteiger partial charge in [0.15, 0.2) is 5.82 Å². The van der Waals surface area contributed by atoms with Crippen LogP contribution in [0.5, 0.6) is 0 Å². The summed E-state index contributed by atoms with van der Waals surface area (Å²) in [5.74, 6) is 0.528. The van der Waals surface area contributed by atoms with Crippen molar-refractivity contribution in [2.24, 2.45) is 5.14 Å². The molecule has 0 radical (unpaired) electrons. The lowest BCUT2D eigenvalue weighted by molar-refractivity contribution is 0.366. The molecule has 0 aliphatic heterocycles. The molecule has 0 fully saturated rings. The van der Waals surface area contributed by atoms with Crippen LogP contribution < -0.4 is 5.14 Å². The van der Waals surface area contributed by atoms with Gasteiger partial charge in [-0.15, -0.1) is 32.9 Å². The van der Waals surface area contributed by atoms with E-state index in [2.05, 4.69) is 10.2 Å². The van der Waals surface area contributed by atoms with Crippen LogP contribution in [0, 0.1) is 0 Å². The Morgan fingerprint density at radius 1 is 1.24 bits per heavy atom. The fourth-order valence-corrected chi connectivity index (χ4v) is 4.95. The van der Waals surface area contributed by atoms with Crippen LogP contribution in [0.3, 0.4) is 0 Å². The molecular formula is C12H14N4O2S3. The highest BCUT2D eigenvalue weighted by atomic mass is 32.2. The van der Waals surface area contributed by atoms with Crippen molar-refractivity contribution in [3.8, 4) is 10.7 Å². The maximum absolute atomic E-state index is 11.7. The van der Waals surface area contributed by atoms with E-state index in [0.717, 1.165) is 14.3 Å². The third kappa shape index (κ3) is 2.50. The molecule has 0 aliphatic carbocycles. The fourth-order valence-electron chi connectivity index (χ4n) is 2.09. The first-order valence-electron chi connectivity index (χ1n) is 6.14. The van der Waals surface area contributed by atoms with Crippen LogP contribution in [-0.4, -0.2) is 23.2 Å². The second kappa shape index (κ2) is 4.60. The van der Waals surface area contributed by atoms with E-state index in [9.17, 15) is 8.42 Å². The zero-order valence-electron chi connectivity index (χ0n) is 11.7. The Balaban J connectivity index is 2.28. The number of hydrogen-bond acceptors (Lipinski definition) is 6. The normalized spacial score (nSPS) is 13.1. The average molecular weight is 342 g/mol. The van der Waals surface area contributed by atoms with E-state index < -0.39 is 15.6 Å². The summed E-state index contributed by atoms with van der Waals surface area (Å²) in [5.41, 5.74) is -0.502. The van der Waals surface area contributed by atoms with E-state index in [0.29, 0.717) is 5.82 Å². The number of fused-ring (bicyclic) bond motifs is 1. The van der Waals surface area contributed by atoms with Gasteiger partial charge in [-0.05, 0) is 38.3 Å². The molecule has 0 saturated carbocycles. The summed E-state index contributed by atoms with van der Waals surface area (Å²) in [6, 6.07) is 4.04. The standard InChI is InChI=1S/C12H14N4O2S3/c1-12(2,3)16-10(14-15-11(16)21(13,17)18)9-6-8-7(20-9)4-5-19-8/h4-6H,1-3H3,(H2,13,17,18). The van der Waals surface area contributed by atoms with Crippen molar-refractivity contribution < 1.29 is 8.42 Å². The molecule has 3 aromatic rings. The van der Waals surface area contributed by atoms with Gasteiger partial charge in [-0.25, -0.2) is 13.6 Å². The van der Waals surface area contributed by atoms with Crippen LogP contribution in [0.15, 0.2) is 22.7 Å². The highest BCUT2D eigenvalue weighted by molar-refractivity contribution is 7.89. The summed E-state index contributed by atoms with van der Waals surface area (Å²) >= 11 is 3.20. The molecule has 0 saturated heterocycles. The Hall–Kier alpha value is -1.29. The van der Waals surface area contributed by atoms with Gasteiger partial charge < -0.3 is 0 Å². The number of nitrogens with two attached hydrogens (primary N) is 1. The monoisotopic (exact) mass is 342 g/mol. The average Bonchev–Trinajstić information content (AvgIpc) is 2.99. The van der Waals surface area contributed by atoms with Crippen molar-refractivity contribution in [3.05, 3.63) is 17.5 Å². The molecule has 0 aliphatic rings. The summed E-state index contributed by atoms with van der Waals surface area (Å²) in [6.07, 6.45) is 0. The predicted octanol–water partition coefficient (Wildman–Crippen LogP) is 2.62. The Kier molecular flexibility index (Phi) is 3.21. The highest BCUT2D eigenvalue weighted by Crippen LogP contribution is 2.37. The van der Waals surface area contributed by atoms with Crippen LogP contribution in [0.25, 0.3) is 20.1 Å². The molecule has 0 aromatic carbocycles. The maximum Gasteiger partial charge on any atom is 0.273 e. The molecule has 3 aromatic heterocycles. The number of primary sulfonamides is 1. The van der Waals surface area contributed by atoms with Gasteiger partial charge in [0.2, 0.25) is 0 Å². The maximum atomic E-state index is 11.7. The van der Waals surface area contributed by atoms with E-state index >= 15 is 0 Å². The number of nitrogens with zero attached hydrogens (tertiary/aromatic N) is 3. The molecule has 0 atom stereocenters. The molecule has 9 heteroatoms.